The number of carbonyl (C=O) groups excluding carboxylic acids is 4. The highest BCUT2D eigenvalue weighted by atomic mass is 16.7. The molecule has 11 heteroatoms. The fourth-order valence-corrected chi connectivity index (χ4v) is 10.6. The van der Waals surface area contributed by atoms with E-state index in [4.69, 9.17) is 28.4 Å². The minimum Gasteiger partial charge on any atom is -0.463 e. The first-order valence-corrected chi connectivity index (χ1v) is 19.5. The monoisotopic (exact) mass is 730 g/mol. The van der Waals surface area contributed by atoms with Crippen molar-refractivity contribution in [2.75, 3.05) is 6.61 Å². The van der Waals surface area contributed by atoms with E-state index in [1.165, 1.54) is 65.4 Å². The van der Waals surface area contributed by atoms with Crippen LogP contribution in [0.4, 0.5) is 0 Å². The summed E-state index contributed by atoms with van der Waals surface area (Å²) in [6.07, 6.45) is 6.33. The summed E-state index contributed by atoms with van der Waals surface area (Å²) < 4.78 is 34.7. The van der Waals surface area contributed by atoms with Gasteiger partial charge in [0.25, 0.3) is 0 Å². The van der Waals surface area contributed by atoms with Crippen LogP contribution in [0.5, 0.6) is 0 Å². The van der Waals surface area contributed by atoms with Crippen LogP contribution in [-0.2, 0) is 47.6 Å². The maximum atomic E-state index is 12.3. The van der Waals surface area contributed by atoms with E-state index in [2.05, 4.69) is 46.8 Å². The fraction of sp³-hybridized carbons (Fsp3) is 0.805. The lowest BCUT2D eigenvalue weighted by molar-refractivity contribution is -0.319. The Labute approximate surface area is 309 Å². The highest BCUT2D eigenvalue weighted by Crippen LogP contribution is 2.66. The van der Waals surface area contributed by atoms with Gasteiger partial charge in [-0.1, -0.05) is 77.2 Å². The number of hydrogen-bond donors (Lipinski definition) is 1. The van der Waals surface area contributed by atoms with Gasteiger partial charge in [0, 0.05) is 39.5 Å². The number of ether oxygens (including phenoxy) is 6. The van der Waals surface area contributed by atoms with Gasteiger partial charge in [-0.15, -0.1) is 0 Å². The molecule has 0 spiro atoms. The molecule has 0 aromatic carbocycles. The summed E-state index contributed by atoms with van der Waals surface area (Å²) in [5.41, 5.74) is 2.42. The highest BCUT2D eigenvalue weighted by molar-refractivity contribution is 5.68. The third kappa shape index (κ3) is 8.31. The van der Waals surface area contributed by atoms with Gasteiger partial charge < -0.3 is 33.5 Å². The SMILES string of the molecule is CC(=O)OC[C@H]1O[C@@H](O[C@@H]2CC3=CC=C4[C@@H]5CC[C@H]([C@H](C)CCCC(C)C)[C@@]5(C)CC[C@@H]4[C@@]3(C)[C@@H](O)C2)[C@H](OC(C)=O)[C@@H](OC(C)=O)[C@@H]1OC(C)=O. The molecule has 13 atom stereocenters. The van der Waals surface area contributed by atoms with Gasteiger partial charge >= 0.3 is 23.9 Å². The number of allylic oxidation sites excluding steroid dienone is 3. The van der Waals surface area contributed by atoms with E-state index in [-0.39, 0.29) is 17.9 Å². The Morgan fingerprint density at radius 2 is 1.50 bits per heavy atom. The summed E-state index contributed by atoms with van der Waals surface area (Å²) in [6, 6.07) is 0. The molecule has 0 aromatic heterocycles. The van der Waals surface area contributed by atoms with Gasteiger partial charge in [0.2, 0.25) is 0 Å². The largest absolute Gasteiger partial charge is 0.463 e. The summed E-state index contributed by atoms with van der Waals surface area (Å²) >= 11 is 0. The van der Waals surface area contributed by atoms with Gasteiger partial charge in [0.05, 0.1) is 12.2 Å². The van der Waals surface area contributed by atoms with E-state index >= 15 is 0 Å². The fourth-order valence-electron chi connectivity index (χ4n) is 10.6. The first-order chi connectivity index (χ1) is 24.4. The zero-order valence-electron chi connectivity index (χ0n) is 32.7. The molecule has 5 rings (SSSR count). The molecule has 0 bridgehead atoms. The zero-order valence-corrected chi connectivity index (χ0v) is 32.7. The molecule has 1 aliphatic heterocycles. The van der Waals surface area contributed by atoms with Crippen LogP contribution in [0.1, 0.15) is 120 Å². The summed E-state index contributed by atoms with van der Waals surface area (Å²) in [6.45, 7) is 16.3. The first-order valence-electron chi connectivity index (χ1n) is 19.5. The van der Waals surface area contributed by atoms with E-state index in [0.717, 1.165) is 24.3 Å². The average Bonchev–Trinajstić information content (AvgIpc) is 3.40. The van der Waals surface area contributed by atoms with Crippen molar-refractivity contribution in [3.05, 3.63) is 23.3 Å². The zero-order chi connectivity index (χ0) is 38.1. The number of rotatable bonds is 12. The third-order valence-corrected chi connectivity index (χ3v) is 13.1. The van der Waals surface area contributed by atoms with Gasteiger partial charge in [-0.3, -0.25) is 19.2 Å². The maximum absolute atomic E-state index is 12.3. The Morgan fingerprint density at radius 1 is 0.846 bits per heavy atom. The molecule has 5 aliphatic rings. The topological polar surface area (TPSA) is 144 Å². The lowest BCUT2D eigenvalue weighted by Crippen LogP contribution is -2.63. The van der Waals surface area contributed by atoms with Gasteiger partial charge in [-0.2, -0.15) is 0 Å². The van der Waals surface area contributed by atoms with Crippen molar-refractivity contribution in [3.8, 4) is 0 Å². The highest BCUT2D eigenvalue weighted by Gasteiger charge is 2.60. The number of hydrogen-bond acceptors (Lipinski definition) is 11. The molecule has 0 aromatic rings. The second kappa shape index (κ2) is 16.3. The first kappa shape index (κ1) is 40.4. The quantitative estimate of drug-likeness (QED) is 0.176. The molecule has 4 fully saturated rings. The number of aliphatic hydroxyl groups excluding tert-OH is 1. The van der Waals surface area contributed by atoms with Gasteiger partial charge in [-0.25, -0.2) is 0 Å². The number of esters is 4. The molecule has 1 heterocycles. The van der Waals surface area contributed by atoms with E-state index in [1.54, 1.807) is 0 Å². The number of carbonyl (C=O) groups is 4. The lowest BCUT2D eigenvalue weighted by atomic mass is 9.49. The summed E-state index contributed by atoms with van der Waals surface area (Å²) in [5.74, 6) is 0.216. The van der Waals surface area contributed by atoms with Crippen molar-refractivity contribution in [2.24, 2.45) is 40.4 Å². The van der Waals surface area contributed by atoms with Gasteiger partial charge in [0.15, 0.2) is 24.6 Å². The number of fused-ring (bicyclic) bond motifs is 5. The van der Waals surface area contributed by atoms with Gasteiger partial charge in [0.1, 0.15) is 12.7 Å². The van der Waals surface area contributed by atoms with E-state index in [0.29, 0.717) is 30.6 Å². The van der Waals surface area contributed by atoms with Crippen molar-refractivity contribution in [1.29, 1.82) is 0 Å². The molecule has 0 amide bonds. The molecule has 11 nitrogen and oxygen atoms in total. The minimum absolute atomic E-state index is 0.238. The molecular weight excluding hydrogens is 668 g/mol. The molecule has 3 saturated carbocycles. The molecule has 292 valence electrons. The molecule has 0 unspecified atom stereocenters. The van der Waals surface area contributed by atoms with Gasteiger partial charge in [-0.05, 0) is 67.1 Å². The van der Waals surface area contributed by atoms with Crippen LogP contribution < -0.4 is 0 Å². The summed E-state index contributed by atoms with van der Waals surface area (Å²) in [4.78, 5) is 48.5. The molecular formula is C41H62O11. The Morgan fingerprint density at radius 3 is 2.13 bits per heavy atom. The van der Waals surface area contributed by atoms with Crippen LogP contribution in [-0.4, -0.2) is 78.5 Å². The number of aliphatic hydroxyl groups is 1. The molecule has 52 heavy (non-hydrogen) atoms. The van der Waals surface area contributed by atoms with Crippen LogP contribution in [0.2, 0.25) is 0 Å². The smallest absolute Gasteiger partial charge is 0.303 e. The van der Waals surface area contributed by atoms with Crippen molar-refractivity contribution >= 4 is 23.9 Å². The van der Waals surface area contributed by atoms with Crippen molar-refractivity contribution in [3.63, 3.8) is 0 Å². The Hall–Kier alpha value is -2.76. The summed E-state index contributed by atoms with van der Waals surface area (Å²) in [7, 11) is 0. The Kier molecular flexibility index (Phi) is 12.7. The predicted molar refractivity (Wildman–Crippen MR) is 191 cm³/mol. The van der Waals surface area contributed by atoms with Crippen LogP contribution in [0.3, 0.4) is 0 Å². The van der Waals surface area contributed by atoms with E-state index < -0.39 is 72.2 Å². The predicted octanol–water partition coefficient (Wildman–Crippen LogP) is 6.39. The minimum atomic E-state index is -1.31. The Balaban J connectivity index is 1.38. The molecule has 4 aliphatic carbocycles. The Bertz CT molecular complexity index is 1400. The lowest BCUT2D eigenvalue weighted by Gasteiger charge is -2.57. The standard InChI is InChI=1S/C41H62O11/c1-22(2)11-10-12-23(3)31-15-16-32-30-14-13-28-19-29(20-35(46)41(28,9)33(30)17-18-40(31,32)8)51-39-38(50-27(7)45)37(49-26(6)44)36(48-25(5)43)34(52-39)21-47-24(4)42/h13-14,22-23,29,31-39,46H,10-12,15-21H2,1-9H3/t23-,29-,31-,32+,33+,34-,35+,36-,37+,38-,39-,40-,41+/m1/s1. The van der Waals surface area contributed by atoms with Crippen LogP contribution in [0.15, 0.2) is 23.3 Å². The molecule has 1 saturated heterocycles. The summed E-state index contributed by atoms with van der Waals surface area (Å²) in [5, 5.41) is 12.1. The van der Waals surface area contributed by atoms with E-state index in [1.807, 2.05) is 0 Å². The second-order valence-electron chi connectivity index (χ2n) is 17.1. The maximum Gasteiger partial charge on any atom is 0.303 e. The van der Waals surface area contributed by atoms with E-state index in [9.17, 15) is 24.3 Å². The molecule has 0 radical (unpaired) electrons. The average molecular weight is 731 g/mol. The van der Waals surface area contributed by atoms with Crippen LogP contribution >= 0.6 is 0 Å². The normalized spacial score (nSPS) is 38.8. The molecule has 1 N–H and O–H groups in total. The van der Waals surface area contributed by atoms with Crippen molar-refractivity contribution in [2.45, 2.75) is 163 Å². The second-order valence-corrected chi connectivity index (χ2v) is 17.1. The van der Waals surface area contributed by atoms with Crippen LogP contribution in [0, 0.1) is 40.4 Å². The third-order valence-electron chi connectivity index (χ3n) is 13.1. The van der Waals surface area contributed by atoms with Crippen molar-refractivity contribution < 1.29 is 52.7 Å². The van der Waals surface area contributed by atoms with Crippen LogP contribution in [0.25, 0.3) is 0 Å². The van der Waals surface area contributed by atoms with Crippen molar-refractivity contribution in [1.82, 2.24) is 0 Å².